The summed E-state index contributed by atoms with van der Waals surface area (Å²) in [6, 6.07) is 72.9. The number of benzene rings is 10. The van der Waals surface area contributed by atoms with Crippen molar-refractivity contribution in [1.82, 2.24) is 19.5 Å². The fraction of sp³-hybridized carbons (Fsp3) is 0. The van der Waals surface area contributed by atoms with Crippen LogP contribution in [0.25, 0.3) is 127 Å². The van der Waals surface area contributed by atoms with Crippen LogP contribution in [0.15, 0.2) is 211 Å². The highest BCUT2D eigenvalue weighted by atomic mass is 16.3. The first-order valence-corrected chi connectivity index (χ1v) is 20.9. The number of hydrogen-bond acceptors (Lipinski definition) is 4. The van der Waals surface area contributed by atoms with Crippen LogP contribution in [0, 0.1) is 0 Å². The number of nitrogens with zero attached hydrogens (tertiary/aromatic N) is 4. The minimum Gasteiger partial charge on any atom is -0.455 e. The summed E-state index contributed by atoms with van der Waals surface area (Å²) in [4.78, 5) is 15.2. The van der Waals surface area contributed by atoms with E-state index < -0.39 is 0 Å². The first kappa shape index (κ1) is 34.5. The van der Waals surface area contributed by atoms with Crippen molar-refractivity contribution < 1.29 is 4.42 Å². The van der Waals surface area contributed by atoms with Crippen LogP contribution in [-0.2, 0) is 0 Å². The fourth-order valence-corrected chi connectivity index (χ4v) is 9.55. The first-order valence-electron chi connectivity index (χ1n) is 20.9. The quantitative estimate of drug-likeness (QED) is 0.163. The lowest BCUT2D eigenvalue weighted by Crippen LogP contribution is -2.00. The molecule has 0 aliphatic carbocycles. The van der Waals surface area contributed by atoms with Crippen LogP contribution >= 0.6 is 0 Å². The van der Waals surface area contributed by atoms with Crippen molar-refractivity contribution in [2.24, 2.45) is 0 Å². The molecule has 0 saturated carbocycles. The number of furan rings is 1. The van der Waals surface area contributed by atoms with E-state index in [9.17, 15) is 0 Å². The Bertz CT molecular complexity index is 3870. The highest BCUT2D eigenvalue weighted by Gasteiger charge is 2.19. The minimum absolute atomic E-state index is 0.633. The van der Waals surface area contributed by atoms with Gasteiger partial charge in [-0.25, -0.2) is 15.0 Å². The van der Waals surface area contributed by atoms with Crippen LogP contribution in [0.3, 0.4) is 0 Å². The molecule has 62 heavy (non-hydrogen) atoms. The van der Waals surface area contributed by atoms with E-state index >= 15 is 0 Å². The second-order valence-corrected chi connectivity index (χ2v) is 15.9. The molecule has 0 saturated heterocycles. The Morgan fingerprint density at radius 2 is 0.823 bits per heavy atom. The van der Waals surface area contributed by atoms with Gasteiger partial charge in [-0.3, -0.25) is 0 Å². The zero-order chi connectivity index (χ0) is 40.7. The Kier molecular flexibility index (Phi) is 7.54. The molecule has 0 unspecified atom stereocenters. The van der Waals surface area contributed by atoms with Gasteiger partial charge >= 0.3 is 0 Å². The normalized spacial score (nSPS) is 11.9. The first-order chi connectivity index (χ1) is 30.7. The third-order valence-electron chi connectivity index (χ3n) is 12.4. The van der Waals surface area contributed by atoms with Crippen LogP contribution in [-0.4, -0.2) is 19.5 Å². The smallest absolute Gasteiger partial charge is 0.164 e. The van der Waals surface area contributed by atoms with Gasteiger partial charge in [0.05, 0.1) is 11.0 Å². The number of aromatic nitrogens is 4. The molecular formula is C57H34N4O. The topological polar surface area (TPSA) is 56.7 Å². The summed E-state index contributed by atoms with van der Waals surface area (Å²) in [6.45, 7) is 0. The van der Waals surface area contributed by atoms with E-state index in [0.29, 0.717) is 17.5 Å². The molecule has 0 aliphatic rings. The van der Waals surface area contributed by atoms with Crippen LogP contribution in [0.2, 0.25) is 0 Å². The van der Waals surface area contributed by atoms with Crippen LogP contribution < -0.4 is 0 Å². The highest BCUT2D eigenvalue weighted by molar-refractivity contribution is 6.26. The molecule has 0 bridgehead atoms. The molecule has 0 amide bonds. The molecule has 10 aromatic carbocycles. The molecule has 0 atom stereocenters. The minimum atomic E-state index is 0.633. The van der Waals surface area contributed by atoms with Gasteiger partial charge in [0.15, 0.2) is 17.5 Å². The summed E-state index contributed by atoms with van der Waals surface area (Å²) in [5, 5.41) is 11.8. The van der Waals surface area contributed by atoms with E-state index in [2.05, 4.69) is 138 Å². The Morgan fingerprint density at radius 3 is 1.55 bits per heavy atom. The standard InChI is InChI=1S/C57H34N4O/c1-3-14-35(15-4-1)55-58-56(36-16-5-2-6-17-36)60-57(59-55)38-26-29-43-41-18-7-8-19-42(41)44-30-28-39(34-49(44)48(43)33-38)61-51-24-11-9-20-45(51)50-32-37(27-31-52(50)61)40-22-13-23-47-46-21-10-12-25-53(46)62-54(40)47/h1-34H. The summed E-state index contributed by atoms with van der Waals surface area (Å²) in [5.74, 6) is 1.92. The summed E-state index contributed by atoms with van der Waals surface area (Å²) < 4.78 is 8.90. The van der Waals surface area contributed by atoms with E-state index in [-0.39, 0.29) is 0 Å². The van der Waals surface area contributed by atoms with Gasteiger partial charge in [-0.2, -0.15) is 0 Å². The molecule has 5 heteroatoms. The van der Waals surface area contributed by atoms with Crippen molar-refractivity contribution in [2.75, 3.05) is 0 Å². The summed E-state index contributed by atoms with van der Waals surface area (Å²) in [6.07, 6.45) is 0. The van der Waals surface area contributed by atoms with Crippen molar-refractivity contribution in [2.45, 2.75) is 0 Å². The number of hydrogen-bond donors (Lipinski definition) is 0. The predicted octanol–water partition coefficient (Wildman–Crippen LogP) is 15.0. The average molecular weight is 791 g/mol. The molecule has 0 fully saturated rings. The third kappa shape index (κ3) is 5.32. The lowest BCUT2D eigenvalue weighted by Gasteiger charge is -2.15. The molecule has 0 aliphatic heterocycles. The van der Waals surface area contributed by atoms with Gasteiger partial charge < -0.3 is 8.98 Å². The zero-order valence-electron chi connectivity index (χ0n) is 33.3. The maximum absolute atomic E-state index is 6.49. The molecule has 3 heterocycles. The molecule has 3 aromatic heterocycles. The van der Waals surface area contributed by atoms with E-state index in [1.165, 1.54) is 32.3 Å². The van der Waals surface area contributed by atoms with Gasteiger partial charge in [-0.1, -0.05) is 164 Å². The maximum Gasteiger partial charge on any atom is 0.164 e. The lowest BCUT2D eigenvalue weighted by atomic mass is 9.93. The van der Waals surface area contributed by atoms with Crippen molar-refractivity contribution in [3.8, 4) is 51.0 Å². The number of para-hydroxylation sites is 3. The third-order valence-corrected chi connectivity index (χ3v) is 12.4. The van der Waals surface area contributed by atoms with Crippen molar-refractivity contribution in [3.63, 3.8) is 0 Å². The van der Waals surface area contributed by atoms with Gasteiger partial charge in [0, 0.05) is 49.5 Å². The van der Waals surface area contributed by atoms with Gasteiger partial charge in [-0.05, 0) is 80.3 Å². The van der Waals surface area contributed by atoms with Gasteiger partial charge in [0.25, 0.3) is 0 Å². The van der Waals surface area contributed by atoms with E-state index in [4.69, 9.17) is 19.4 Å². The van der Waals surface area contributed by atoms with Crippen LogP contribution in [0.1, 0.15) is 0 Å². The van der Waals surface area contributed by atoms with Gasteiger partial charge in [0.1, 0.15) is 11.2 Å². The second kappa shape index (κ2) is 13.6. The van der Waals surface area contributed by atoms with Gasteiger partial charge in [-0.15, -0.1) is 0 Å². The van der Waals surface area contributed by atoms with E-state index in [1.54, 1.807) is 0 Å². The molecule has 288 valence electrons. The Morgan fingerprint density at radius 1 is 0.306 bits per heavy atom. The van der Waals surface area contributed by atoms with Gasteiger partial charge in [0.2, 0.25) is 0 Å². The predicted molar refractivity (Wildman–Crippen MR) is 256 cm³/mol. The Hall–Kier alpha value is -8.41. The number of fused-ring (bicyclic) bond motifs is 12. The Labute approximate surface area is 355 Å². The molecule has 0 radical (unpaired) electrons. The molecule has 13 rings (SSSR count). The van der Waals surface area contributed by atoms with Crippen molar-refractivity contribution in [1.29, 1.82) is 0 Å². The molecular weight excluding hydrogens is 757 g/mol. The van der Waals surface area contributed by atoms with E-state index in [1.807, 2.05) is 72.8 Å². The van der Waals surface area contributed by atoms with Crippen molar-refractivity contribution in [3.05, 3.63) is 206 Å². The van der Waals surface area contributed by atoms with Crippen LogP contribution in [0.4, 0.5) is 0 Å². The molecule has 0 N–H and O–H groups in total. The lowest BCUT2D eigenvalue weighted by molar-refractivity contribution is 0.670. The highest BCUT2D eigenvalue weighted by Crippen LogP contribution is 2.42. The van der Waals surface area contributed by atoms with E-state index in [0.717, 1.165) is 77.2 Å². The second-order valence-electron chi connectivity index (χ2n) is 15.9. The van der Waals surface area contributed by atoms with Crippen LogP contribution in [0.5, 0.6) is 0 Å². The zero-order valence-corrected chi connectivity index (χ0v) is 33.3. The SMILES string of the molecule is c1ccc(-c2nc(-c3ccccc3)nc(-c3ccc4c5ccccc5c5ccc(-n6c7ccccc7c7cc(-c8cccc9c8oc8ccccc89)ccc76)cc5c4c3)n2)cc1. The fourth-order valence-electron chi connectivity index (χ4n) is 9.55. The Balaban J connectivity index is 1.02. The van der Waals surface area contributed by atoms with Crippen molar-refractivity contribution >= 4 is 76.1 Å². The summed E-state index contributed by atoms with van der Waals surface area (Å²) in [5.41, 5.74) is 10.2. The maximum atomic E-state index is 6.49. The monoisotopic (exact) mass is 790 g/mol. The number of rotatable bonds is 5. The molecule has 0 spiro atoms. The molecule has 5 nitrogen and oxygen atoms in total. The summed E-state index contributed by atoms with van der Waals surface area (Å²) >= 11 is 0. The molecule has 13 aromatic rings. The largest absolute Gasteiger partial charge is 0.455 e. The average Bonchev–Trinajstić information content (AvgIpc) is 3.90. The summed E-state index contributed by atoms with van der Waals surface area (Å²) in [7, 11) is 0.